The zero-order valence-corrected chi connectivity index (χ0v) is 18.4. The molecule has 1 aromatic carbocycles. The first-order valence-electron chi connectivity index (χ1n) is 10.7. The van der Waals surface area contributed by atoms with E-state index in [4.69, 9.17) is 11.6 Å². The second-order valence-corrected chi connectivity index (χ2v) is 11.1. The molecule has 28 heavy (non-hydrogen) atoms. The summed E-state index contributed by atoms with van der Waals surface area (Å²) in [5.41, 5.74) is 0.662. The van der Waals surface area contributed by atoms with E-state index < -0.39 is 15.1 Å². The fraction of sp³-hybridized carbons (Fsp3) is 0.682. The Morgan fingerprint density at radius 2 is 1.82 bits per heavy atom. The maximum atomic E-state index is 13.1. The third kappa shape index (κ3) is 5.10. The van der Waals surface area contributed by atoms with Crippen molar-refractivity contribution in [1.29, 1.82) is 0 Å². The summed E-state index contributed by atoms with van der Waals surface area (Å²) in [6.45, 7) is 3.01. The molecular weight excluding hydrogens is 394 g/mol. The minimum Gasteiger partial charge on any atom is -0.341 e. The Balaban J connectivity index is 1.63. The summed E-state index contributed by atoms with van der Waals surface area (Å²) in [5, 5.41) is -0.134. The summed E-state index contributed by atoms with van der Waals surface area (Å²) in [4.78, 5) is 14.8. The number of carbonyl (C=O) groups is 1. The number of amides is 1. The van der Waals surface area contributed by atoms with Crippen LogP contribution in [0.15, 0.2) is 24.3 Å². The number of hydrogen-bond donors (Lipinski definition) is 0. The van der Waals surface area contributed by atoms with Crippen molar-refractivity contribution in [3.8, 4) is 0 Å². The molecule has 1 saturated heterocycles. The first-order valence-corrected chi connectivity index (χ1v) is 12.8. The minimum absolute atomic E-state index is 0.0144. The molecule has 2 fully saturated rings. The summed E-state index contributed by atoms with van der Waals surface area (Å²) in [7, 11) is -3.33. The van der Waals surface area contributed by atoms with Crippen LogP contribution in [0.4, 0.5) is 0 Å². The molecule has 1 saturated carbocycles. The zero-order valence-electron chi connectivity index (χ0n) is 16.8. The van der Waals surface area contributed by atoms with E-state index in [1.165, 1.54) is 19.3 Å². The average molecular weight is 426 g/mol. The van der Waals surface area contributed by atoms with Crippen LogP contribution < -0.4 is 0 Å². The molecule has 1 atom stereocenters. The second-order valence-electron chi connectivity index (χ2n) is 8.35. The molecular formula is C22H32ClNO3S. The van der Waals surface area contributed by atoms with Gasteiger partial charge in [0.2, 0.25) is 5.91 Å². The lowest BCUT2D eigenvalue weighted by Gasteiger charge is -2.31. The summed E-state index contributed by atoms with van der Waals surface area (Å²) < 4.78 is 25.7. The Bertz CT molecular complexity index is 772. The second kappa shape index (κ2) is 9.62. The lowest BCUT2D eigenvalue weighted by molar-refractivity contribution is -0.136. The molecule has 156 valence electrons. The van der Waals surface area contributed by atoms with Crippen molar-refractivity contribution in [3.05, 3.63) is 34.9 Å². The summed E-state index contributed by atoms with van der Waals surface area (Å²) >= 11 is 6.26. The molecule has 1 heterocycles. The highest BCUT2D eigenvalue weighted by Gasteiger charge is 2.36. The van der Waals surface area contributed by atoms with Crippen molar-refractivity contribution in [1.82, 2.24) is 4.90 Å². The highest BCUT2D eigenvalue weighted by Crippen LogP contribution is 2.36. The van der Waals surface area contributed by atoms with Crippen molar-refractivity contribution >= 4 is 27.3 Å². The van der Waals surface area contributed by atoms with Gasteiger partial charge in [0.25, 0.3) is 0 Å². The Kier molecular flexibility index (Phi) is 7.43. The van der Waals surface area contributed by atoms with Crippen LogP contribution in [0.25, 0.3) is 0 Å². The molecule has 4 nitrogen and oxygen atoms in total. The van der Waals surface area contributed by atoms with Crippen molar-refractivity contribution < 1.29 is 13.2 Å². The van der Waals surface area contributed by atoms with E-state index in [9.17, 15) is 13.2 Å². The molecule has 0 radical (unpaired) electrons. The van der Waals surface area contributed by atoms with Crippen molar-refractivity contribution in [2.75, 3.05) is 18.8 Å². The van der Waals surface area contributed by atoms with Crippen LogP contribution in [-0.4, -0.2) is 38.1 Å². The van der Waals surface area contributed by atoms with E-state index in [1.807, 2.05) is 12.1 Å². The topological polar surface area (TPSA) is 54.5 Å². The molecule has 6 heteroatoms. The van der Waals surface area contributed by atoms with E-state index >= 15 is 0 Å². The van der Waals surface area contributed by atoms with E-state index in [2.05, 4.69) is 6.92 Å². The highest BCUT2D eigenvalue weighted by molar-refractivity contribution is 7.91. The van der Waals surface area contributed by atoms with Crippen LogP contribution in [0, 0.1) is 11.8 Å². The molecule has 3 rings (SSSR count). The minimum atomic E-state index is -3.33. The number of nitrogens with zero attached hydrogens (tertiary/aromatic N) is 1. The van der Waals surface area contributed by atoms with Gasteiger partial charge in [-0.05, 0) is 49.7 Å². The van der Waals surface area contributed by atoms with Crippen LogP contribution in [0.3, 0.4) is 0 Å². The van der Waals surface area contributed by atoms with Gasteiger partial charge in [-0.15, -0.1) is 0 Å². The van der Waals surface area contributed by atoms with E-state index in [0.29, 0.717) is 30.1 Å². The highest BCUT2D eigenvalue weighted by atomic mass is 35.5. The Labute approximate surface area is 174 Å². The molecule has 1 amide bonds. The molecule has 1 aromatic rings. The number of halogens is 1. The van der Waals surface area contributed by atoms with Crippen LogP contribution in [-0.2, 0) is 14.6 Å². The van der Waals surface area contributed by atoms with Gasteiger partial charge in [0.05, 0.1) is 11.0 Å². The monoisotopic (exact) mass is 425 g/mol. The largest absolute Gasteiger partial charge is 0.341 e. The molecule has 1 unspecified atom stereocenters. The summed E-state index contributed by atoms with van der Waals surface area (Å²) in [6, 6.07) is 7.15. The zero-order chi connectivity index (χ0) is 20.1. The first-order chi connectivity index (χ1) is 13.4. The third-order valence-corrected chi connectivity index (χ3v) is 8.92. The molecule has 0 bridgehead atoms. The van der Waals surface area contributed by atoms with E-state index in [1.54, 1.807) is 17.0 Å². The fourth-order valence-corrected chi connectivity index (χ4v) is 6.85. The molecule has 0 spiro atoms. The van der Waals surface area contributed by atoms with Gasteiger partial charge >= 0.3 is 0 Å². The first kappa shape index (κ1) is 21.6. The predicted octanol–water partition coefficient (Wildman–Crippen LogP) is 5.02. The van der Waals surface area contributed by atoms with Gasteiger partial charge in [-0.2, -0.15) is 0 Å². The summed E-state index contributed by atoms with van der Waals surface area (Å²) in [5.74, 6) is 1.00. The normalized spacial score (nSPS) is 27.9. The maximum absolute atomic E-state index is 13.1. The van der Waals surface area contributed by atoms with Gasteiger partial charge in [0.1, 0.15) is 0 Å². The van der Waals surface area contributed by atoms with Crippen LogP contribution in [0.5, 0.6) is 0 Å². The lowest BCUT2D eigenvalue weighted by atomic mass is 9.79. The quantitative estimate of drug-likeness (QED) is 0.665. The van der Waals surface area contributed by atoms with Gasteiger partial charge in [-0.1, -0.05) is 56.0 Å². The molecule has 1 aliphatic carbocycles. The molecule has 0 aromatic heterocycles. The van der Waals surface area contributed by atoms with Crippen LogP contribution in [0.2, 0.25) is 5.02 Å². The van der Waals surface area contributed by atoms with Crippen molar-refractivity contribution in [2.24, 2.45) is 11.8 Å². The number of sulfone groups is 1. The van der Waals surface area contributed by atoms with E-state index in [0.717, 1.165) is 31.6 Å². The van der Waals surface area contributed by atoms with Crippen molar-refractivity contribution in [2.45, 2.75) is 63.5 Å². The summed E-state index contributed by atoms with van der Waals surface area (Å²) in [6.07, 6.45) is 8.36. The molecule has 1 aliphatic heterocycles. The molecule has 2 aliphatic rings. The van der Waals surface area contributed by atoms with Gasteiger partial charge in [0, 0.05) is 24.0 Å². The Morgan fingerprint density at radius 1 is 1.11 bits per heavy atom. The van der Waals surface area contributed by atoms with Gasteiger partial charge in [-0.3, -0.25) is 4.79 Å². The Hall–Kier alpha value is -1.07. The third-order valence-electron chi connectivity index (χ3n) is 6.47. The van der Waals surface area contributed by atoms with Crippen LogP contribution in [0.1, 0.15) is 69.1 Å². The van der Waals surface area contributed by atoms with Crippen LogP contribution >= 0.6 is 11.6 Å². The van der Waals surface area contributed by atoms with Gasteiger partial charge in [-0.25, -0.2) is 8.42 Å². The number of unbranched alkanes of at least 4 members (excludes halogenated alkanes) is 1. The average Bonchev–Trinajstić information content (AvgIpc) is 2.85. The maximum Gasteiger partial charge on any atom is 0.225 e. The Morgan fingerprint density at radius 3 is 2.50 bits per heavy atom. The standard InChI is InChI=1S/C22H32ClNO3S/c1-2-3-6-17-9-11-18(12-10-17)22(25)24-14-13-21(28(26,27)16-15-24)19-7-4-5-8-20(19)23/h4-5,7-8,17-18,21H,2-3,6,9-16H2,1H3. The number of rotatable bonds is 5. The SMILES string of the molecule is CCCCC1CCC(C(=O)N2CCC(c3ccccc3Cl)S(=O)(=O)CC2)CC1. The molecule has 0 N–H and O–H groups in total. The van der Waals surface area contributed by atoms with Crippen molar-refractivity contribution in [3.63, 3.8) is 0 Å². The predicted molar refractivity (Wildman–Crippen MR) is 114 cm³/mol. The fourth-order valence-electron chi connectivity index (χ4n) is 4.70. The lowest BCUT2D eigenvalue weighted by Crippen LogP contribution is -2.39. The number of benzene rings is 1. The van der Waals surface area contributed by atoms with E-state index in [-0.39, 0.29) is 17.6 Å². The smallest absolute Gasteiger partial charge is 0.225 e. The van der Waals surface area contributed by atoms with Gasteiger partial charge in [0.15, 0.2) is 9.84 Å². The number of carbonyl (C=O) groups excluding carboxylic acids is 1. The van der Waals surface area contributed by atoms with Gasteiger partial charge < -0.3 is 4.90 Å². The number of hydrogen-bond acceptors (Lipinski definition) is 3.